The minimum absolute atomic E-state index is 0.103. The molecule has 0 amide bonds. The van der Waals surface area contributed by atoms with Crippen LogP contribution in [0.15, 0.2) is 18.2 Å². The van der Waals surface area contributed by atoms with Crippen molar-refractivity contribution in [2.75, 3.05) is 0 Å². The molecule has 13 heavy (non-hydrogen) atoms. The monoisotopic (exact) mass is 177 g/mol. The van der Waals surface area contributed by atoms with Crippen molar-refractivity contribution in [1.82, 2.24) is 4.98 Å². The summed E-state index contributed by atoms with van der Waals surface area (Å²) in [5.74, 6) is -0.103. The van der Waals surface area contributed by atoms with E-state index >= 15 is 0 Å². The molecule has 0 saturated carbocycles. The fourth-order valence-corrected chi connectivity index (χ4v) is 1.53. The van der Waals surface area contributed by atoms with Crippen LogP contribution in [0.1, 0.15) is 18.2 Å². The van der Waals surface area contributed by atoms with Crippen molar-refractivity contribution in [2.45, 2.75) is 20.3 Å². The number of hydrogen-bond donors (Lipinski definition) is 1. The molecule has 68 valence electrons. The average molecular weight is 177 g/mol. The maximum absolute atomic E-state index is 13.5. The summed E-state index contributed by atoms with van der Waals surface area (Å²) in [5.41, 5.74) is 2.67. The van der Waals surface area contributed by atoms with Crippen molar-refractivity contribution < 1.29 is 4.39 Å². The molecule has 0 aliphatic carbocycles. The molecule has 0 unspecified atom stereocenters. The second kappa shape index (κ2) is 2.87. The molecule has 0 aliphatic heterocycles. The molecule has 0 radical (unpaired) electrons. The Morgan fingerprint density at radius 2 is 2.15 bits per heavy atom. The lowest BCUT2D eigenvalue weighted by atomic mass is 10.1. The maximum Gasteiger partial charge on any atom is 0.135 e. The predicted octanol–water partition coefficient (Wildman–Crippen LogP) is 3.18. The number of aryl methyl sites for hydroxylation is 2. The first kappa shape index (κ1) is 8.30. The molecular formula is C11H12FN. The van der Waals surface area contributed by atoms with Crippen LogP contribution in [0.4, 0.5) is 4.39 Å². The number of hydrogen-bond acceptors (Lipinski definition) is 0. The largest absolute Gasteiger partial charge is 0.358 e. The quantitative estimate of drug-likeness (QED) is 0.688. The Morgan fingerprint density at radius 3 is 2.85 bits per heavy atom. The Bertz CT molecular complexity index is 443. The van der Waals surface area contributed by atoms with Gasteiger partial charge in [-0.25, -0.2) is 4.39 Å². The number of aromatic nitrogens is 1. The molecule has 1 N–H and O–H groups in total. The molecule has 2 rings (SSSR count). The highest BCUT2D eigenvalue weighted by molar-refractivity contribution is 5.81. The van der Waals surface area contributed by atoms with Crippen molar-refractivity contribution >= 4 is 10.9 Å². The molecule has 0 aliphatic rings. The van der Waals surface area contributed by atoms with Crippen LogP contribution in [-0.2, 0) is 6.42 Å². The van der Waals surface area contributed by atoms with Crippen molar-refractivity contribution in [3.63, 3.8) is 0 Å². The highest BCUT2D eigenvalue weighted by atomic mass is 19.1. The summed E-state index contributed by atoms with van der Waals surface area (Å²) in [6.07, 6.45) is 0.910. The Hall–Kier alpha value is -1.31. The first-order valence-corrected chi connectivity index (χ1v) is 4.49. The smallest absolute Gasteiger partial charge is 0.135 e. The Balaban J connectivity index is 2.76. The second-order valence-corrected chi connectivity index (χ2v) is 3.31. The van der Waals surface area contributed by atoms with Crippen LogP contribution in [-0.4, -0.2) is 4.98 Å². The molecule has 0 saturated heterocycles. The van der Waals surface area contributed by atoms with Gasteiger partial charge in [-0.1, -0.05) is 13.0 Å². The fourth-order valence-electron chi connectivity index (χ4n) is 1.53. The number of nitrogens with one attached hydrogen (secondary N) is 1. The van der Waals surface area contributed by atoms with E-state index in [1.165, 1.54) is 0 Å². The summed E-state index contributed by atoms with van der Waals surface area (Å²) in [6, 6.07) is 5.61. The summed E-state index contributed by atoms with van der Waals surface area (Å²) in [7, 11) is 0. The van der Waals surface area contributed by atoms with Crippen molar-refractivity contribution in [3.05, 3.63) is 35.3 Å². The van der Waals surface area contributed by atoms with Crippen molar-refractivity contribution in [3.8, 4) is 0 Å². The van der Waals surface area contributed by atoms with Gasteiger partial charge in [0.2, 0.25) is 0 Å². The minimum atomic E-state index is -0.103. The number of H-pyrrole nitrogens is 1. The van der Waals surface area contributed by atoms with E-state index in [4.69, 9.17) is 0 Å². The van der Waals surface area contributed by atoms with Crippen LogP contribution in [0, 0.1) is 12.7 Å². The second-order valence-electron chi connectivity index (χ2n) is 3.31. The van der Waals surface area contributed by atoms with Crippen LogP contribution in [0.25, 0.3) is 10.9 Å². The normalized spacial score (nSPS) is 11.0. The fraction of sp³-hybridized carbons (Fsp3) is 0.273. The molecular weight excluding hydrogens is 165 g/mol. The molecule has 2 heteroatoms. The zero-order valence-corrected chi connectivity index (χ0v) is 7.82. The topological polar surface area (TPSA) is 15.8 Å². The third kappa shape index (κ3) is 1.22. The highest BCUT2D eigenvalue weighted by Crippen LogP contribution is 2.21. The highest BCUT2D eigenvalue weighted by Gasteiger charge is 2.06. The molecule has 1 nitrogen and oxygen atoms in total. The zero-order chi connectivity index (χ0) is 9.42. The van der Waals surface area contributed by atoms with Gasteiger partial charge in [-0.05, 0) is 31.0 Å². The molecule has 1 aromatic heterocycles. The summed E-state index contributed by atoms with van der Waals surface area (Å²) in [5, 5.41) is 0.705. The summed E-state index contributed by atoms with van der Waals surface area (Å²) in [4.78, 5) is 3.17. The van der Waals surface area contributed by atoms with E-state index in [1.807, 2.05) is 12.1 Å². The lowest BCUT2D eigenvalue weighted by molar-refractivity contribution is 0.631. The van der Waals surface area contributed by atoms with Crippen molar-refractivity contribution in [1.29, 1.82) is 0 Å². The summed E-state index contributed by atoms with van der Waals surface area (Å²) in [6.45, 7) is 3.84. The molecule has 2 aromatic rings. The lowest BCUT2D eigenvalue weighted by Crippen LogP contribution is -1.81. The molecule has 0 spiro atoms. The third-order valence-electron chi connectivity index (χ3n) is 2.37. The van der Waals surface area contributed by atoms with Crippen LogP contribution in [0.5, 0.6) is 0 Å². The predicted molar refractivity (Wildman–Crippen MR) is 52.4 cm³/mol. The number of benzene rings is 1. The van der Waals surface area contributed by atoms with Crippen molar-refractivity contribution in [2.24, 2.45) is 0 Å². The molecule has 0 bridgehead atoms. The van der Waals surface area contributed by atoms with E-state index in [-0.39, 0.29) is 5.82 Å². The zero-order valence-electron chi connectivity index (χ0n) is 7.82. The van der Waals surface area contributed by atoms with Gasteiger partial charge in [0.15, 0.2) is 0 Å². The summed E-state index contributed by atoms with van der Waals surface area (Å²) < 4.78 is 13.5. The van der Waals surface area contributed by atoms with E-state index in [0.29, 0.717) is 10.9 Å². The van der Waals surface area contributed by atoms with Gasteiger partial charge in [-0.15, -0.1) is 0 Å². The SMILES string of the molecule is CCc1cc2c(F)c(C)ccc2[nH]1. The third-order valence-corrected chi connectivity index (χ3v) is 2.37. The Labute approximate surface area is 76.6 Å². The molecule has 0 atom stereocenters. The van der Waals surface area contributed by atoms with Crippen LogP contribution >= 0.6 is 0 Å². The number of rotatable bonds is 1. The summed E-state index contributed by atoms with van der Waals surface area (Å²) >= 11 is 0. The van der Waals surface area contributed by atoms with E-state index in [1.54, 1.807) is 13.0 Å². The number of fused-ring (bicyclic) bond motifs is 1. The van der Waals surface area contributed by atoms with Gasteiger partial charge in [-0.3, -0.25) is 0 Å². The molecule has 1 heterocycles. The Morgan fingerprint density at radius 1 is 1.38 bits per heavy atom. The van der Waals surface area contributed by atoms with Crippen LogP contribution in [0.3, 0.4) is 0 Å². The van der Waals surface area contributed by atoms with Gasteiger partial charge in [0, 0.05) is 16.6 Å². The first-order chi connectivity index (χ1) is 6.22. The molecule has 1 aromatic carbocycles. The van der Waals surface area contributed by atoms with Gasteiger partial charge < -0.3 is 4.98 Å². The molecule has 0 fully saturated rings. The van der Waals surface area contributed by atoms with E-state index < -0.39 is 0 Å². The number of aromatic amines is 1. The van der Waals surface area contributed by atoms with Gasteiger partial charge in [-0.2, -0.15) is 0 Å². The van der Waals surface area contributed by atoms with Gasteiger partial charge >= 0.3 is 0 Å². The average Bonchev–Trinajstić information content (AvgIpc) is 2.55. The Kier molecular flexibility index (Phi) is 1.83. The van der Waals surface area contributed by atoms with E-state index in [9.17, 15) is 4.39 Å². The van der Waals surface area contributed by atoms with Crippen LogP contribution < -0.4 is 0 Å². The lowest BCUT2D eigenvalue weighted by Gasteiger charge is -1.95. The van der Waals surface area contributed by atoms with Crippen LogP contribution in [0.2, 0.25) is 0 Å². The van der Waals surface area contributed by atoms with E-state index in [2.05, 4.69) is 11.9 Å². The standard InChI is InChI=1S/C11H12FN/c1-3-8-6-9-10(13-8)5-4-7(2)11(9)12/h4-6,13H,3H2,1-2H3. The first-order valence-electron chi connectivity index (χ1n) is 4.49. The van der Waals surface area contributed by atoms with Gasteiger partial charge in [0.05, 0.1) is 0 Å². The number of halogens is 1. The van der Waals surface area contributed by atoms with Gasteiger partial charge in [0.25, 0.3) is 0 Å². The maximum atomic E-state index is 13.5. The van der Waals surface area contributed by atoms with E-state index in [0.717, 1.165) is 17.6 Å². The minimum Gasteiger partial charge on any atom is -0.358 e. The van der Waals surface area contributed by atoms with Gasteiger partial charge in [0.1, 0.15) is 5.82 Å².